The van der Waals surface area contributed by atoms with Crippen molar-refractivity contribution in [1.82, 2.24) is 5.32 Å². The summed E-state index contributed by atoms with van der Waals surface area (Å²) in [6.45, 7) is 1.34. The highest BCUT2D eigenvalue weighted by Gasteiger charge is 2.18. The molecule has 20 heavy (non-hydrogen) atoms. The van der Waals surface area contributed by atoms with Crippen LogP contribution in [0.15, 0.2) is 29.3 Å². The maximum atomic E-state index is 11.7. The average Bonchev–Trinajstić information content (AvgIpc) is 3.12. The Balaban J connectivity index is 1.55. The van der Waals surface area contributed by atoms with Crippen LogP contribution >= 0.6 is 0 Å². The van der Waals surface area contributed by atoms with Gasteiger partial charge in [0.15, 0.2) is 0 Å². The van der Waals surface area contributed by atoms with Gasteiger partial charge in [-0.25, -0.2) is 9.79 Å². The van der Waals surface area contributed by atoms with Crippen molar-refractivity contribution in [1.29, 1.82) is 0 Å². The van der Waals surface area contributed by atoms with Crippen molar-refractivity contribution in [3.8, 4) is 5.75 Å². The standard InChI is InChI=1S/C15H18N2O3/c18-15(17-12-3-1-2-4-12)20-13-7-5-11(6-8-13)14-16-9-10-19-14/h5-8,12H,1-4,9-10H2,(H,17,18). The van der Waals surface area contributed by atoms with E-state index in [9.17, 15) is 4.79 Å². The molecule has 0 atom stereocenters. The van der Waals surface area contributed by atoms with Crippen molar-refractivity contribution >= 4 is 12.0 Å². The SMILES string of the molecule is O=C(NC1CCCC1)Oc1ccc(C2=NCCO2)cc1. The molecule has 0 aromatic heterocycles. The molecule has 1 aliphatic heterocycles. The summed E-state index contributed by atoms with van der Waals surface area (Å²) in [5.74, 6) is 1.19. The van der Waals surface area contributed by atoms with Crippen LogP contribution in [-0.2, 0) is 4.74 Å². The number of nitrogens with zero attached hydrogens (tertiary/aromatic N) is 1. The lowest BCUT2D eigenvalue weighted by molar-refractivity contribution is 0.196. The number of aliphatic imine (C=N–C) groups is 1. The van der Waals surface area contributed by atoms with Gasteiger partial charge in [-0.15, -0.1) is 0 Å². The number of amides is 1. The molecule has 1 aromatic carbocycles. The van der Waals surface area contributed by atoms with Crippen LogP contribution in [0.2, 0.25) is 0 Å². The second-order valence-corrected chi connectivity index (χ2v) is 5.07. The molecule has 1 N–H and O–H groups in total. The Morgan fingerprint density at radius 1 is 1.25 bits per heavy atom. The van der Waals surface area contributed by atoms with Crippen molar-refractivity contribution < 1.29 is 14.3 Å². The number of carbonyl (C=O) groups is 1. The smallest absolute Gasteiger partial charge is 0.412 e. The summed E-state index contributed by atoms with van der Waals surface area (Å²) in [5.41, 5.74) is 0.908. The fourth-order valence-corrected chi connectivity index (χ4v) is 2.55. The molecule has 5 nitrogen and oxygen atoms in total. The number of hydrogen-bond acceptors (Lipinski definition) is 4. The number of nitrogens with one attached hydrogen (secondary N) is 1. The van der Waals surface area contributed by atoms with Gasteiger partial charge in [0.05, 0.1) is 6.54 Å². The quantitative estimate of drug-likeness (QED) is 0.921. The van der Waals surface area contributed by atoms with Crippen LogP contribution in [0.5, 0.6) is 5.75 Å². The Hall–Kier alpha value is -2.04. The zero-order chi connectivity index (χ0) is 13.8. The molecule has 0 radical (unpaired) electrons. The zero-order valence-corrected chi connectivity index (χ0v) is 11.3. The lowest BCUT2D eigenvalue weighted by Gasteiger charge is -2.12. The Morgan fingerprint density at radius 3 is 2.65 bits per heavy atom. The summed E-state index contributed by atoms with van der Waals surface area (Å²) in [4.78, 5) is 16.0. The van der Waals surface area contributed by atoms with Crippen molar-refractivity contribution in [3.05, 3.63) is 29.8 Å². The number of ether oxygens (including phenoxy) is 2. The third-order valence-electron chi connectivity index (χ3n) is 3.57. The first-order valence-electron chi connectivity index (χ1n) is 7.07. The number of benzene rings is 1. The van der Waals surface area contributed by atoms with Crippen LogP contribution in [0.4, 0.5) is 4.79 Å². The van der Waals surface area contributed by atoms with Gasteiger partial charge in [-0.05, 0) is 37.1 Å². The third kappa shape index (κ3) is 3.10. The van der Waals surface area contributed by atoms with Gasteiger partial charge < -0.3 is 14.8 Å². The summed E-state index contributed by atoms with van der Waals surface area (Å²) >= 11 is 0. The number of rotatable bonds is 3. The van der Waals surface area contributed by atoms with Crippen molar-refractivity contribution in [3.63, 3.8) is 0 Å². The molecule has 0 spiro atoms. The second-order valence-electron chi connectivity index (χ2n) is 5.07. The Bertz CT molecular complexity index is 504. The number of carbonyl (C=O) groups excluding carboxylic acids is 1. The van der Waals surface area contributed by atoms with Crippen molar-refractivity contribution in [2.24, 2.45) is 4.99 Å². The molecular formula is C15H18N2O3. The summed E-state index contributed by atoms with van der Waals surface area (Å²) in [6.07, 6.45) is 4.08. The van der Waals surface area contributed by atoms with Crippen LogP contribution < -0.4 is 10.1 Å². The van der Waals surface area contributed by atoms with Crippen LogP contribution in [0.25, 0.3) is 0 Å². The molecule has 1 saturated carbocycles. The predicted octanol–water partition coefficient (Wildman–Crippen LogP) is 2.49. The third-order valence-corrected chi connectivity index (χ3v) is 3.57. The van der Waals surface area contributed by atoms with E-state index >= 15 is 0 Å². The first-order valence-corrected chi connectivity index (χ1v) is 7.07. The topological polar surface area (TPSA) is 59.9 Å². The maximum absolute atomic E-state index is 11.7. The lowest BCUT2D eigenvalue weighted by Crippen LogP contribution is -2.34. The van der Waals surface area contributed by atoms with E-state index in [4.69, 9.17) is 9.47 Å². The minimum absolute atomic E-state index is 0.267. The van der Waals surface area contributed by atoms with E-state index < -0.39 is 0 Å². The van der Waals surface area contributed by atoms with Gasteiger partial charge in [0.1, 0.15) is 12.4 Å². The second kappa shape index (κ2) is 5.94. The number of hydrogen-bond donors (Lipinski definition) is 1. The van der Waals surface area contributed by atoms with Gasteiger partial charge in [0.2, 0.25) is 5.90 Å². The van der Waals surface area contributed by atoms with E-state index in [0.717, 1.165) is 18.4 Å². The van der Waals surface area contributed by atoms with E-state index in [1.165, 1.54) is 12.8 Å². The van der Waals surface area contributed by atoms with E-state index in [-0.39, 0.29) is 12.1 Å². The molecule has 1 aromatic rings. The highest BCUT2D eigenvalue weighted by atomic mass is 16.6. The zero-order valence-electron chi connectivity index (χ0n) is 11.3. The molecule has 1 heterocycles. The van der Waals surface area contributed by atoms with E-state index in [0.29, 0.717) is 24.8 Å². The minimum Gasteiger partial charge on any atom is -0.476 e. The van der Waals surface area contributed by atoms with Gasteiger partial charge in [0, 0.05) is 11.6 Å². The molecule has 5 heteroatoms. The summed E-state index contributed by atoms with van der Waals surface area (Å²) < 4.78 is 10.6. The molecule has 106 valence electrons. The van der Waals surface area contributed by atoms with Gasteiger partial charge in [0.25, 0.3) is 0 Å². The highest BCUT2D eigenvalue weighted by Crippen LogP contribution is 2.19. The van der Waals surface area contributed by atoms with Crippen molar-refractivity contribution in [2.75, 3.05) is 13.2 Å². The van der Waals surface area contributed by atoms with Gasteiger partial charge in [-0.3, -0.25) is 0 Å². The lowest BCUT2D eigenvalue weighted by atomic mass is 10.2. The first-order chi connectivity index (χ1) is 9.81. The monoisotopic (exact) mass is 274 g/mol. The Morgan fingerprint density at radius 2 is 2.00 bits per heavy atom. The Kier molecular flexibility index (Phi) is 3.85. The van der Waals surface area contributed by atoms with Gasteiger partial charge in [-0.1, -0.05) is 12.8 Å². The molecule has 0 unspecified atom stereocenters. The van der Waals surface area contributed by atoms with E-state index in [1.807, 2.05) is 12.1 Å². The molecule has 1 aliphatic carbocycles. The van der Waals surface area contributed by atoms with Crippen LogP contribution in [0, 0.1) is 0 Å². The molecule has 2 aliphatic rings. The maximum Gasteiger partial charge on any atom is 0.412 e. The van der Waals surface area contributed by atoms with Gasteiger partial charge >= 0.3 is 6.09 Å². The predicted molar refractivity (Wildman–Crippen MR) is 75.2 cm³/mol. The molecule has 0 bridgehead atoms. The minimum atomic E-state index is -0.376. The molecule has 0 saturated heterocycles. The molecule has 3 rings (SSSR count). The largest absolute Gasteiger partial charge is 0.476 e. The highest BCUT2D eigenvalue weighted by molar-refractivity contribution is 5.95. The average molecular weight is 274 g/mol. The normalized spacial score (nSPS) is 18.5. The van der Waals surface area contributed by atoms with Crippen LogP contribution in [0.1, 0.15) is 31.2 Å². The van der Waals surface area contributed by atoms with E-state index in [1.54, 1.807) is 12.1 Å². The Labute approximate surface area is 118 Å². The molecule has 1 amide bonds. The fourth-order valence-electron chi connectivity index (χ4n) is 2.55. The van der Waals surface area contributed by atoms with E-state index in [2.05, 4.69) is 10.3 Å². The summed E-state index contributed by atoms with van der Waals surface area (Å²) in [5, 5.41) is 2.89. The molecule has 1 fully saturated rings. The van der Waals surface area contributed by atoms with Crippen LogP contribution in [0.3, 0.4) is 0 Å². The first kappa shape index (κ1) is 13.0. The van der Waals surface area contributed by atoms with Gasteiger partial charge in [-0.2, -0.15) is 0 Å². The molecular weight excluding hydrogens is 256 g/mol. The van der Waals surface area contributed by atoms with Crippen molar-refractivity contribution in [2.45, 2.75) is 31.7 Å². The summed E-state index contributed by atoms with van der Waals surface area (Å²) in [6, 6.07) is 7.48. The fraction of sp³-hybridized carbons (Fsp3) is 0.467. The summed E-state index contributed by atoms with van der Waals surface area (Å²) in [7, 11) is 0. The van der Waals surface area contributed by atoms with Crippen LogP contribution in [-0.4, -0.2) is 31.2 Å².